The van der Waals surface area contributed by atoms with Crippen LogP contribution >= 0.6 is 0 Å². The normalized spacial score (nSPS) is 30.1. The molecule has 1 aromatic carbocycles. The van der Waals surface area contributed by atoms with Crippen molar-refractivity contribution < 1.29 is 29.3 Å². The number of ether oxygens (including phenoxy) is 2. The van der Waals surface area contributed by atoms with Crippen LogP contribution in [0.5, 0.6) is 5.75 Å². The third kappa shape index (κ3) is 4.84. The minimum atomic E-state index is -0.975. The maximum absolute atomic E-state index is 13.8. The van der Waals surface area contributed by atoms with E-state index in [-0.39, 0.29) is 30.9 Å². The standard InChI is InChI=1S/C27H36N2O6/c30-12-11-28-26(32)20-14-21(24(31)25-23(20)19-8-4-5-9-22(19)35-25)29(15-17-6-2-1-3-7-17)27(33)18-10-13-34-16-18/h4-5,8-9,14,17-18,21,23-25,30-31H,1-3,6-7,10-13,15-16H2,(H,28,32). The van der Waals surface area contributed by atoms with Crippen LogP contribution < -0.4 is 10.1 Å². The summed E-state index contributed by atoms with van der Waals surface area (Å²) < 4.78 is 11.7. The molecule has 2 amide bonds. The molecule has 8 nitrogen and oxygen atoms in total. The van der Waals surface area contributed by atoms with Gasteiger partial charge in [-0.3, -0.25) is 9.59 Å². The Labute approximate surface area is 206 Å². The third-order valence-corrected chi connectivity index (χ3v) is 7.98. The van der Waals surface area contributed by atoms with Gasteiger partial charge in [-0.15, -0.1) is 0 Å². The van der Waals surface area contributed by atoms with Gasteiger partial charge < -0.3 is 29.9 Å². The number of fused-ring (bicyclic) bond motifs is 3. The highest BCUT2D eigenvalue weighted by molar-refractivity contribution is 5.96. The number of benzene rings is 1. The Morgan fingerprint density at radius 3 is 2.66 bits per heavy atom. The summed E-state index contributed by atoms with van der Waals surface area (Å²) in [6.45, 7) is 1.48. The molecule has 8 heteroatoms. The number of rotatable bonds is 7. The molecule has 2 aliphatic heterocycles. The van der Waals surface area contributed by atoms with Gasteiger partial charge in [0.1, 0.15) is 18.0 Å². The first-order valence-electron chi connectivity index (χ1n) is 13.0. The van der Waals surface area contributed by atoms with Crippen LogP contribution in [0, 0.1) is 11.8 Å². The lowest BCUT2D eigenvalue weighted by Gasteiger charge is -2.43. The van der Waals surface area contributed by atoms with Gasteiger partial charge in [-0.1, -0.05) is 37.5 Å². The van der Waals surface area contributed by atoms with E-state index in [1.807, 2.05) is 29.2 Å². The average molecular weight is 485 g/mol. The number of hydrogen-bond donors (Lipinski definition) is 3. The van der Waals surface area contributed by atoms with Crippen molar-refractivity contribution in [2.24, 2.45) is 11.8 Å². The monoisotopic (exact) mass is 484 g/mol. The number of amides is 2. The average Bonchev–Trinajstić information content (AvgIpc) is 3.56. The summed E-state index contributed by atoms with van der Waals surface area (Å²) in [5.74, 6) is 0.0416. The quantitative estimate of drug-likeness (QED) is 0.544. The van der Waals surface area contributed by atoms with Crippen molar-refractivity contribution in [2.45, 2.75) is 62.7 Å². The van der Waals surface area contributed by atoms with E-state index >= 15 is 0 Å². The number of hydrogen-bond acceptors (Lipinski definition) is 6. The van der Waals surface area contributed by atoms with Crippen molar-refractivity contribution in [2.75, 3.05) is 32.9 Å². The molecule has 3 N–H and O–H groups in total. The summed E-state index contributed by atoms with van der Waals surface area (Å²) in [6, 6.07) is 6.86. The van der Waals surface area contributed by atoms with Crippen LogP contribution in [0.4, 0.5) is 0 Å². The predicted molar refractivity (Wildman–Crippen MR) is 129 cm³/mol. The SMILES string of the molecule is O=C(NCCO)C1=CC(N(CC2CCCCC2)C(=O)C2CCOC2)C(O)C2Oc3ccccc3C12. The van der Waals surface area contributed by atoms with Crippen LogP contribution in [0.15, 0.2) is 35.9 Å². The highest BCUT2D eigenvalue weighted by Crippen LogP contribution is 2.47. The molecular weight excluding hydrogens is 448 g/mol. The second kappa shape index (κ2) is 10.7. The topological polar surface area (TPSA) is 108 Å². The van der Waals surface area contributed by atoms with Crippen LogP contribution in [0.1, 0.15) is 50.0 Å². The Kier molecular flexibility index (Phi) is 7.41. The number of aliphatic hydroxyl groups excluding tert-OH is 2. The lowest BCUT2D eigenvalue weighted by molar-refractivity contribution is -0.142. The van der Waals surface area contributed by atoms with E-state index < -0.39 is 24.2 Å². The Morgan fingerprint density at radius 2 is 1.91 bits per heavy atom. The van der Waals surface area contributed by atoms with E-state index in [4.69, 9.17) is 9.47 Å². The van der Waals surface area contributed by atoms with Crippen LogP contribution in [-0.4, -0.2) is 78.1 Å². The van der Waals surface area contributed by atoms with E-state index in [2.05, 4.69) is 5.32 Å². The first kappa shape index (κ1) is 24.3. The van der Waals surface area contributed by atoms with Gasteiger partial charge in [0.05, 0.1) is 31.1 Å². The number of aliphatic hydroxyl groups is 2. The molecular formula is C27H36N2O6. The van der Waals surface area contributed by atoms with Crippen molar-refractivity contribution in [1.82, 2.24) is 10.2 Å². The molecule has 1 aromatic rings. The van der Waals surface area contributed by atoms with Crippen LogP contribution in [0.2, 0.25) is 0 Å². The van der Waals surface area contributed by atoms with E-state index in [9.17, 15) is 19.8 Å². The predicted octanol–water partition coefficient (Wildman–Crippen LogP) is 1.75. The fraction of sp³-hybridized carbons (Fsp3) is 0.630. The highest BCUT2D eigenvalue weighted by atomic mass is 16.5. The smallest absolute Gasteiger partial charge is 0.247 e. The molecule has 5 rings (SSSR count). The molecule has 0 bridgehead atoms. The largest absolute Gasteiger partial charge is 0.486 e. The molecule has 0 radical (unpaired) electrons. The Hall–Kier alpha value is -2.42. The molecule has 0 spiro atoms. The summed E-state index contributed by atoms with van der Waals surface area (Å²) in [4.78, 5) is 28.8. The fourth-order valence-electron chi connectivity index (χ4n) is 6.16. The number of carbonyl (C=O) groups is 2. The molecule has 4 aliphatic rings. The minimum absolute atomic E-state index is 0.0162. The molecule has 190 valence electrons. The minimum Gasteiger partial charge on any atom is -0.486 e. The summed E-state index contributed by atoms with van der Waals surface area (Å²) >= 11 is 0. The second-order valence-corrected chi connectivity index (χ2v) is 10.2. The molecule has 2 aliphatic carbocycles. The molecule has 5 unspecified atom stereocenters. The van der Waals surface area contributed by atoms with Gasteiger partial charge in [0.2, 0.25) is 11.8 Å². The zero-order chi connectivity index (χ0) is 24.4. The molecule has 1 saturated heterocycles. The summed E-state index contributed by atoms with van der Waals surface area (Å²) in [6.07, 6.45) is 6.46. The molecule has 1 saturated carbocycles. The van der Waals surface area contributed by atoms with Crippen LogP contribution in [-0.2, 0) is 14.3 Å². The zero-order valence-electron chi connectivity index (χ0n) is 20.1. The fourth-order valence-corrected chi connectivity index (χ4v) is 6.16. The van der Waals surface area contributed by atoms with Crippen molar-refractivity contribution >= 4 is 11.8 Å². The lowest BCUT2D eigenvalue weighted by atomic mass is 9.77. The van der Waals surface area contributed by atoms with Gasteiger partial charge in [-0.25, -0.2) is 0 Å². The number of nitrogens with zero attached hydrogens (tertiary/aromatic N) is 1. The molecule has 35 heavy (non-hydrogen) atoms. The summed E-state index contributed by atoms with van der Waals surface area (Å²) in [5, 5.41) is 23.6. The van der Waals surface area contributed by atoms with Crippen molar-refractivity contribution in [3.8, 4) is 5.75 Å². The second-order valence-electron chi connectivity index (χ2n) is 10.2. The third-order valence-electron chi connectivity index (χ3n) is 7.98. The highest BCUT2D eigenvalue weighted by Gasteiger charge is 2.51. The Balaban J connectivity index is 1.51. The van der Waals surface area contributed by atoms with Gasteiger partial charge in [0.25, 0.3) is 0 Å². The zero-order valence-corrected chi connectivity index (χ0v) is 20.1. The Bertz CT molecular complexity index is 953. The number of carbonyl (C=O) groups excluding carboxylic acids is 2. The molecule has 2 heterocycles. The van der Waals surface area contributed by atoms with Crippen molar-refractivity contribution in [1.29, 1.82) is 0 Å². The lowest BCUT2D eigenvalue weighted by Crippen LogP contribution is -2.57. The van der Waals surface area contributed by atoms with Crippen molar-refractivity contribution in [3.63, 3.8) is 0 Å². The van der Waals surface area contributed by atoms with Gasteiger partial charge in [-0.05, 0) is 37.3 Å². The van der Waals surface area contributed by atoms with E-state index in [1.54, 1.807) is 6.08 Å². The van der Waals surface area contributed by atoms with Crippen molar-refractivity contribution in [3.05, 3.63) is 41.5 Å². The number of nitrogens with one attached hydrogen (secondary N) is 1. The van der Waals surface area contributed by atoms with E-state index in [1.165, 1.54) is 6.42 Å². The van der Waals surface area contributed by atoms with E-state index in [0.29, 0.717) is 43.4 Å². The van der Waals surface area contributed by atoms with Gasteiger partial charge in [-0.2, -0.15) is 0 Å². The molecule has 0 aromatic heterocycles. The van der Waals surface area contributed by atoms with Crippen LogP contribution in [0.3, 0.4) is 0 Å². The van der Waals surface area contributed by atoms with E-state index in [0.717, 1.165) is 31.2 Å². The first-order valence-corrected chi connectivity index (χ1v) is 13.0. The summed E-state index contributed by atoms with van der Waals surface area (Å²) in [7, 11) is 0. The van der Waals surface area contributed by atoms with Gasteiger partial charge in [0, 0.05) is 30.8 Å². The maximum Gasteiger partial charge on any atom is 0.247 e. The van der Waals surface area contributed by atoms with Gasteiger partial charge >= 0.3 is 0 Å². The number of para-hydroxylation sites is 1. The van der Waals surface area contributed by atoms with Crippen LogP contribution in [0.25, 0.3) is 0 Å². The summed E-state index contributed by atoms with van der Waals surface area (Å²) in [5.41, 5.74) is 1.34. The maximum atomic E-state index is 13.8. The molecule has 2 fully saturated rings. The van der Waals surface area contributed by atoms with Gasteiger partial charge in [0.15, 0.2) is 0 Å². The molecule has 5 atom stereocenters. The Morgan fingerprint density at radius 1 is 1.11 bits per heavy atom. The first-order chi connectivity index (χ1) is 17.1.